The standard InChI is InChI=1S/C19H18ClN3O/c20-17-7-5-16(6-8-17)19(24)22-10-9-14-1-3-15(4-2-14)11-18-12-21-13-23-18/h1-8,12-13H,9-11H2,(H,21,23)(H,22,24). The van der Waals surface area contributed by atoms with Crippen molar-refractivity contribution in [2.75, 3.05) is 6.54 Å². The molecule has 0 atom stereocenters. The fourth-order valence-corrected chi connectivity index (χ4v) is 2.57. The Morgan fingerprint density at radius 3 is 2.42 bits per heavy atom. The van der Waals surface area contributed by atoms with Crippen LogP contribution in [-0.4, -0.2) is 22.4 Å². The zero-order valence-corrected chi connectivity index (χ0v) is 13.9. The van der Waals surface area contributed by atoms with E-state index in [9.17, 15) is 4.79 Å². The zero-order valence-electron chi connectivity index (χ0n) is 13.1. The van der Waals surface area contributed by atoms with Crippen molar-refractivity contribution in [3.05, 3.63) is 88.5 Å². The van der Waals surface area contributed by atoms with Crippen LogP contribution in [0.2, 0.25) is 5.02 Å². The maximum atomic E-state index is 12.0. The molecule has 0 radical (unpaired) electrons. The third kappa shape index (κ3) is 4.46. The predicted molar refractivity (Wildman–Crippen MR) is 95.3 cm³/mol. The summed E-state index contributed by atoms with van der Waals surface area (Å²) in [6.07, 6.45) is 5.16. The van der Waals surface area contributed by atoms with Crippen molar-refractivity contribution >= 4 is 17.5 Å². The number of nitrogens with one attached hydrogen (secondary N) is 2. The zero-order chi connectivity index (χ0) is 16.8. The van der Waals surface area contributed by atoms with Crippen LogP contribution in [-0.2, 0) is 12.8 Å². The van der Waals surface area contributed by atoms with Crippen molar-refractivity contribution in [2.45, 2.75) is 12.8 Å². The van der Waals surface area contributed by atoms with Gasteiger partial charge in [0.1, 0.15) is 0 Å². The molecule has 0 bridgehead atoms. The summed E-state index contributed by atoms with van der Waals surface area (Å²) in [5, 5.41) is 3.55. The molecule has 4 nitrogen and oxygen atoms in total. The number of hydrogen-bond donors (Lipinski definition) is 2. The third-order valence-corrected chi connectivity index (χ3v) is 4.03. The van der Waals surface area contributed by atoms with Crippen LogP contribution in [0, 0.1) is 0 Å². The summed E-state index contributed by atoms with van der Waals surface area (Å²) in [5.41, 5.74) is 4.14. The number of hydrogen-bond acceptors (Lipinski definition) is 2. The molecule has 1 amide bonds. The monoisotopic (exact) mass is 339 g/mol. The lowest BCUT2D eigenvalue weighted by Gasteiger charge is -2.06. The Bertz CT molecular complexity index is 780. The minimum absolute atomic E-state index is 0.0810. The number of rotatable bonds is 6. The second-order valence-electron chi connectivity index (χ2n) is 5.58. The van der Waals surface area contributed by atoms with Crippen LogP contribution in [0.3, 0.4) is 0 Å². The first-order valence-electron chi connectivity index (χ1n) is 7.79. The minimum atomic E-state index is -0.0810. The Labute approximate surface area is 145 Å². The maximum absolute atomic E-state index is 12.0. The van der Waals surface area contributed by atoms with Crippen LogP contribution in [0.25, 0.3) is 0 Å². The summed E-state index contributed by atoms with van der Waals surface area (Å²) in [6.45, 7) is 0.599. The summed E-state index contributed by atoms with van der Waals surface area (Å²) in [4.78, 5) is 19.1. The molecule has 24 heavy (non-hydrogen) atoms. The summed E-state index contributed by atoms with van der Waals surface area (Å²) in [7, 11) is 0. The molecule has 0 saturated carbocycles. The molecule has 5 heteroatoms. The van der Waals surface area contributed by atoms with Crippen LogP contribution < -0.4 is 5.32 Å². The van der Waals surface area contributed by atoms with Gasteiger partial charge < -0.3 is 10.3 Å². The topological polar surface area (TPSA) is 57.8 Å². The van der Waals surface area contributed by atoms with Gasteiger partial charge in [-0.1, -0.05) is 35.9 Å². The van der Waals surface area contributed by atoms with Crippen LogP contribution in [0.15, 0.2) is 61.1 Å². The number of imidazole rings is 1. The number of H-pyrrole nitrogens is 1. The fourth-order valence-electron chi connectivity index (χ4n) is 2.45. The Morgan fingerprint density at radius 2 is 1.75 bits per heavy atom. The van der Waals surface area contributed by atoms with Gasteiger partial charge in [0.15, 0.2) is 0 Å². The molecule has 2 N–H and O–H groups in total. The van der Waals surface area contributed by atoms with Crippen molar-refractivity contribution in [3.8, 4) is 0 Å². The molecule has 3 rings (SSSR count). The smallest absolute Gasteiger partial charge is 0.251 e. The molecular formula is C19H18ClN3O. The second-order valence-corrected chi connectivity index (χ2v) is 6.02. The van der Waals surface area contributed by atoms with Crippen molar-refractivity contribution in [1.29, 1.82) is 0 Å². The number of nitrogens with zero attached hydrogens (tertiary/aromatic N) is 1. The second kappa shape index (κ2) is 7.79. The average molecular weight is 340 g/mol. The molecule has 0 aliphatic carbocycles. The first kappa shape index (κ1) is 16.3. The van der Waals surface area contributed by atoms with Gasteiger partial charge in [0.05, 0.1) is 6.33 Å². The molecule has 3 aromatic rings. The molecule has 1 heterocycles. The van der Waals surface area contributed by atoms with Crippen molar-refractivity contribution < 1.29 is 4.79 Å². The number of benzene rings is 2. The lowest BCUT2D eigenvalue weighted by atomic mass is 10.1. The molecule has 0 saturated heterocycles. The largest absolute Gasteiger partial charge is 0.352 e. The van der Waals surface area contributed by atoms with E-state index in [1.165, 1.54) is 11.1 Å². The SMILES string of the molecule is O=C(NCCc1ccc(Cc2cnc[nH]2)cc1)c1ccc(Cl)cc1. The highest BCUT2D eigenvalue weighted by Gasteiger charge is 2.04. The molecule has 1 aromatic heterocycles. The van der Waals surface area contributed by atoms with Gasteiger partial charge in [-0.15, -0.1) is 0 Å². The molecule has 0 fully saturated rings. The number of carbonyl (C=O) groups excluding carboxylic acids is 1. The Kier molecular flexibility index (Phi) is 5.29. The molecule has 2 aromatic carbocycles. The van der Waals surface area contributed by atoms with Gasteiger partial charge in [-0.05, 0) is 41.8 Å². The van der Waals surface area contributed by atoms with Crippen LogP contribution >= 0.6 is 11.6 Å². The van der Waals surface area contributed by atoms with Gasteiger partial charge in [0.25, 0.3) is 5.91 Å². The van der Waals surface area contributed by atoms with Crippen LogP contribution in [0.1, 0.15) is 27.2 Å². The van der Waals surface area contributed by atoms with E-state index in [0.29, 0.717) is 17.1 Å². The quantitative estimate of drug-likeness (QED) is 0.720. The summed E-state index contributed by atoms with van der Waals surface area (Å²) < 4.78 is 0. The molecule has 122 valence electrons. The Balaban J connectivity index is 1.48. The maximum Gasteiger partial charge on any atom is 0.251 e. The number of aromatic amines is 1. The van der Waals surface area contributed by atoms with Gasteiger partial charge in [0.2, 0.25) is 0 Å². The number of carbonyl (C=O) groups is 1. The Hall–Kier alpha value is -2.59. The molecular weight excluding hydrogens is 322 g/mol. The van der Waals surface area contributed by atoms with Crippen LogP contribution in [0.4, 0.5) is 0 Å². The van der Waals surface area contributed by atoms with Gasteiger partial charge >= 0.3 is 0 Å². The highest BCUT2D eigenvalue weighted by atomic mass is 35.5. The lowest BCUT2D eigenvalue weighted by molar-refractivity contribution is 0.0954. The third-order valence-electron chi connectivity index (χ3n) is 3.78. The number of aromatic nitrogens is 2. The first-order chi connectivity index (χ1) is 11.7. The van der Waals surface area contributed by atoms with E-state index in [4.69, 9.17) is 11.6 Å². The van der Waals surface area contributed by atoms with Gasteiger partial charge in [-0.3, -0.25) is 4.79 Å². The molecule has 0 aliphatic heterocycles. The fraction of sp³-hybridized carbons (Fsp3) is 0.158. The van der Waals surface area contributed by atoms with E-state index < -0.39 is 0 Å². The minimum Gasteiger partial charge on any atom is -0.352 e. The highest BCUT2D eigenvalue weighted by molar-refractivity contribution is 6.30. The van der Waals surface area contributed by atoms with E-state index in [0.717, 1.165) is 18.5 Å². The van der Waals surface area contributed by atoms with Crippen LogP contribution in [0.5, 0.6) is 0 Å². The van der Waals surface area contributed by atoms with Crippen molar-refractivity contribution in [2.24, 2.45) is 0 Å². The normalized spacial score (nSPS) is 10.5. The van der Waals surface area contributed by atoms with E-state index in [2.05, 4.69) is 39.6 Å². The first-order valence-corrected chi connectivity index (χ1v) is 8.17. The van der Waals surface area contributed by atoms with Crippen molar-refractivity contribution in [3.63, 3.8) is 0 Å². The summed E-state index contributed by atoms with van der Waals surface area (Å²) in [6, 6.07) is 15.3. The number of halogens is 1. The van der Waals surface area contributed by atoms with E-state index in [-0.39, 0.29) is 5.91 Å². The van der Waals surface area contributed by atoms with Gasteiger partial charge in [-0.2, -0.15) is 0 Å². The average Bonchev–Trinajstić information content (AvgIpc) is 3.10. The summed E-state index contributed by atoms with van der Waals surface area (Å²) in [5.74, 6) is -0.0810. The highest BCUT2D eigenvalue weighted by Crippen LogP contribution is 2.10. The molecule has 0 aliphatic rings. The molecule has 0 unspecified atom stereocenters. The van der Waals surface area contributed by atoms with E-state index in [1.807, 2.05) is 6.20 Å². The molecule has 0 spiro atoms. The number of amides is 1. The van der Waals surface area contributed by atoms with Gasteiger partial charge in [-0.25, -0.2) is 4.98 Å². The van der Waals surface area contributed by atoms with Gasteiger partial charge in [0, 0.05) is 35.4 Å². The predicted octanol–water partition coefficient (Wildman–Crippen LogP) is 3.63. The summed E-state index contributed by atoms with van der Waals surface area (Å²) >= 11 is 5.82. The van der Waals surface area contributed by atoms with E-state index >= 15 is 0 Å². The Morgan fingerprint density at radius 1 is 1.04 bits per heavy atom. The lowest BCUT2D eigenvalue weighted by Crippen LogP contribution is -2.25. The van der Waals surface area contributed by atoms with Crippen molar-refractivity contribution in [1.82, 2.24) is 15.3 Å². The van der Waals surface area contributed by atoms with E-state index in [1.54, 1.807) is 30.6 Å².